The van der Waals surface area contributed by atoms with Crippen LogP contribution in [-0.2, 0) is 6.42 Å². The summed E-state index contributed by atoms with van der Waals surface area (Å²) in [6, 6.07) is 9.85. The fraction of sp³-hybridized carbons (Fsp3) is 0.667. The Balaban J connectivity index is 1.41. The molecule has 2 nitrogen and oxygen atoms in total. The number of nitrogens with one attached hydrogen (secondary N) is 1. The van der Waals surface area contributed by atoms with Crippen molar-refractivity contribution in [2.45, 2.75) is 44.1 Å². The van der Waals surface area contributed by atoms with Gasteiger partial charge in [-0.3, -0.25) is 0 Å². The normalized spacial score (nSPS) is 35.8. The van der Waals surface area contributed by atoms with E-state index in [1.165, 1.54) is 58.3 Å². The summed E-state index contributed by atoms with van der Waals surface area (Å²) in [4.78, 5) is 2.65. The van der Waals surface area contributed by atoms with Crippen LogP contribution in [0.1, 0.15) is 42.7 Å². The van der Waals surface area contributed by atoms with Gasteiger partial charge in [-0.15, -0.1) is 0 Å². The molecule has 2 bridgehead atoms. The van der Waals surface area contributed by atoms with Gasteiger partial charge in [-0.25, -0.2) is 0 Å². The number of benzene rings is 1. The maximum absolute atomic E-state index is 3.92. The van der Waals surface area contributed by atoms with E-state index in [1.54, 1.807) is 11.1 Å². The van der Waals surface area contributed by atoms with Gasteiger partial charge in [0, 0.05) is 19.1 Å². The average molecular weight is 270 g/mol. The summed E-state index contributed by atoms with van der Waals surface area (Å²) in [5, 5.41) is 3.92. The van der Waals surface area contributed by atoms with Gasteiger partial charge in [0.2, 0.25) is 0 Å². The molecule has 3 aliphatic heterocycles. The summed E-state index contributed by atoms with van der Waals surface area (Å²) < 4.78 is 0. The highest BCUT2D eigenvalue weighted by Crippen LogP contribution is 2.32. The summed E-state index contributed by atoms with van der Waals surface area (Å²) in [6.07, 6.45) is 6.85. The van der Waals surface area contributed by atoms with Gasteiger partial charge in [0.05, 0.1) is 0 Å². The van der Waals surface area contributed by atoms with Crippen LogP contribution in [0.3, 0.4) is 0 Å². The lowest BCUT2D eigenvalue weighted by Gasteiger charge is -2.45. The lowest BCUT2D eigenvalue weighted by atomic mass is 9.81. The number of fused-ring (bicyclic) bond motifs is 4. The number of piperidine rings is 3. The Kier molecular flexibility index (Phi) is 3.53. The molecule has 3 saturated heterocycles. The number of rotatable bonds is 3. The molecule has 0 saturated carbocycles. The van der Waals surface area contributed by atoms with Crippen molar-refractivity contribution >= 4 is 0 Å². The van der Waals surface area contributed by atoms with E-state index in [4.69, 9.17) is 0 Å². The van der Waals surface area contributed by atoms with Crippen molar-refractivity contribution < 1.29 is 0 Å². The Morgan fingerprint density at radius 3 is 2.75 bits per heavy atom. The highest BCUT2D eigenvalue weighted by Gasteiger charge is 2.34. The predicted molar refractivity (Wildman–Crippen MR) is 83.1 cm³/mol. The average Bonchev–Trinajstić information content (AvgIpc) is 2.54. The van der Waals surface area contributed by atoms with E-state index in [2.05, 4.69) is 34.5 Å². The maximum atomic E-state index is 3.92. The van der Waals surface area contributed by atoms with Gasteiger partial charge in [-0.1, -0.05) is 24.3 Å². The topological polar surface area (TPSA) is 15.3 Å². The molecule has 4 aliphatic rings. The highest BCUT2D eigenvalue weighted by atomic mass is 15.2. The standard InChI is InChI=1S/C18H26N2/c1-2-7-17-14(4-1)5-3-6-16(17)12-19-18-13-20-10-8-15(18)9-11-20/h1-2,4,7,15-16,18-19H,3,5-6,8-13H2/t16-,18-/m1/s1. The van der Waals surface area contributed by atoms with Crippen LogP contribution in [0.4, 0.5) is 0 Å². The molecule has 20 heavy (non-hydrogen) atoms. The van der Waals surface area contributed by atoms with E-state index < -0.39 is 0 Å². The largest absolute Gasteiger partial charge is 0.312 e. The number of aryl methyl sites for hydroxylation is 1. The maximum Gasteiger partial charge on any atom is 0.0224 e. The molecule has 2 atom stereocenters. The third-order valence-corrected chi connectivity index (χ3v) is 5.78. The summed E-state index contributed by atoms with van der Waals surface area (Å²) in [5.74, 6) is 1.69. The Bertz CT molecular complexity index is 462. The molecule has 0 unspecified atom stereocenters. The molecule has 0 radical (unpaired) electrons. The van der Waals surface area contributed by atoms with Gasteiger partial charge in [-0.2, -0.15) is 0 Å². The smallest absolute Gasteiger partial charge is 0.0224 e. The summed E-state index contributed by atoms with van der Waals surface area (Å²) in [6.45, 7) is 5.16. The molecule has 1 aliphatic carbocycles. The molecule has 0 amide bonds. The predicted octanol–water partition coefficient (Wildman–Crippen LogP) is 2.79. The first-order chi connectivity index (χ1) is 9.90. The second kappa shape index (κ2) is 5.50. The number of nitrogens with zero attached hydrogens (tertiary/aromatic N) is 1. The fourth-order valence-electron chi connectivity index (χ4n) is 4.56. The van der Waals surface area contributed by atoms with Crippen LogP contribution in [0.25, 0.3) is 0 Å². The van der Waals surface area contributed by atoms with Crippen molar-refractivity contribution in [1.82, 2.24) is 10.2 Å². The lowest BCUT2D eigenvalue weighted by Crippen LogP contribution is -2.56. The molecule has 108 valence electrons. The Labute approximate surface area is 122 Å². The molecular weight excluding hydrogens is 244 g/mol. The third-order valence-electron chi connectivity index (χ3n) is 5.78. The van der Waals surface area contributed by atoms with Gasteiger partial charge in [0.1, 0.15) is 0 Å². The van der Waals surface area contributed by atoms with E-state index in [1.807, 2.05) is 0 Å². The first-order valence-electron chi connectivity index (χ1n) is 8.44. The van der Waals surface area contributed by atoms with E-state index in [9.17, 15) is 0 Å². The first-order valence-corrected chi connectivity index (χ1v) is 8.44. The minimum absolute atomic E-state index is 0.746. The quantitative estimate of drug-likeness (QED) is 0.908. The van der Waals surface area contributed by atoms with E-state index in [-0.39, 0.29) is 0 Å². The zero-order valence-corrected chi connectivity index (χ0v) is 12.4. The SMILES string of the molecule is c1ccc2c(c1)CCC[C@@H]2CN[C@@H]1CN2CCC1CC2. The molecule has 0 aromatic heterocycles. The Morgan fingerprint density at radius 1 is 1.10 bits per heavy atom. The number of hydrogen-bond donors (Lipinski definition) is 1. The minimum Gasteiger partial charge on any atom is -0.312 e. The van der Waals surface area contributed by atoms with Crippen LogP contribution in [0.15, 0.2) is 24.3 Å². The van der Waals surface area contributed by atoms with Crippen LogP contribution in [-0.4, -0.2) is 37.1 Å². The van der Waals surface area contributed by atoms with Gasteiger partial charge in [0.25, 0.3) is 0 Å². The van der Waals surface area contributed by atoms with Gasteiger partial charge in [-0.05, 0) is 68.2 Å². The fourth-order valence-corrected chi connectivity index (χ4v) is 4.56. The Morgan fingerprint density at radius 2 is 1.95 bits per heavy atom. The zero-order valence-electron chi connectivity index (χ0n) is 12.4. The molecule has 1 aromatic carbocycles. The van der Waals surface area contributed by atoms with Crippen molar-refractivity contribution in [2.24, 2.45) is 5.92 Å². The van der Waals surface area contributed by atoms with Crippen LogP contribution in [0.5, 0.6) is 0 Å². The van der Waals surface area contributed by atoms with Gasteiger partial charge >= 0.3 is 0 Å². The first kappa shape index (κ1) is 12.8. The van der Waals surface area contributed by atoms with Crippen molar-refractivity contribution in [3.05, 3.63) is 35.4 Å². The van der Waals surface area contributed by atoms with E-state index in [0.29, 0.717) is 0 Å². The molecule has 1 aromatic rings. The summed E-state index contributed by atoms with van der Waals surface area (Å²) in [5.41, 5.74) is 3.21. The molecule has 3 fully saturated rings. The van der Waals surface area contributed by atoms with E-state index >= 15 is 0 Å². The lowest BCUT2D eigenvalue weighted by molar-refractivity contribution is 0.0718. The second-order valence-corrected chi connectivity index (χ2v) is 6.94. The van der Waals surface area contributed by atoms with Gasteiger partial charge < -0.3 is 10.2 Å². The number of hydrogen-bond acceptors (Lipinski definition) is 2. The van der Waals surface area contributed by atoms with Crippen LogP contribution in [0, 0.1) is 5.92 Å². The molecule has 2 heteroatoms. The van der Waals surface area contributed by atoms with Crippen molar-refractivity contribution in [3.63, 3.8) is 0 Å². The van der Waals surface area contributed by atoms with Gasteiger partial charge in [0.15, 0.2) is 0 Å². The second-order valence-electron chi connectivity index (χ2n) is 6.94. The van der Waals surface area contributed by atoms with E-state index in [0.717, 1.165) is 17.9 Å². The van der Waals surface area contributed by atoms with Crippen LogP contribution >= 0.6 is 0 Å². The van der Waals surface area contributed by atoms with Crippen LogP contribution < -0.4 is 5.32 Å². The molecule has 3 heterocycles. The van der Waals surface area contributed by atoms with Crippen molar-refractivity contribution in [1.29, 1.82) is 0 Å². The minimum atomic E-state index is 0.746. The van der Waals surface area contributed by atoms with Crippen LogP contribution in [0.2, 0.25) is 0 Å². The summed E-state index contributed by atoms with van der Waals surface area (Å²) in [7, 11) is 0. The molecule has 0 spiro atoms. The van der Waals surface area contributed by atoms with Crippen molar-refractivity contribution in [2.75, 3.05) is 26.2 Å². The highest BCUT2D eigenvalue weighted by molar-refractivity contribution is 5.32. The van der Waals surface area contributed by atoms with Crippen molar-refractivity contribution in [3.8, 4) is 0 Å². The third kappa shape index (κ3) is 2.40. The molecular formula is C18H26N2. The molecule has 1 N–H and O–H groups in total. The molecule has 5 rings (SSSR count). The monoisotopic (exact) mass is 270 g/mol. The zero-order chi connectivity index (χ0) is 13.4. The summed E-state index contributed by atoms with van der Waals surface area (Å²) >= 11 is 0. The Hall–Kier alpha value is -0.860.